The number of aromatic nitrogens is 1. The zero-order valence-electron chi connectivity index (χ0n) is 19.9. The number of anilines is 1. The first-order valence-electron chi connectivity index (χ1n) is 12.7. The van der Waals surface area contributed by atoms with Gasteiger partial charge in [0.2, 0.25) is 0 Å². The molecule has 0 bridgehead atoms. The zero-order chi connectivity index (χ0) is 23.8. The Bertz CT molecular complexity index is 1290. The van der Waals surface area contributed by atoms with Crippen molar-refractivity contribution in [2.24, 2.45) is 5.92 Å². The molecule has 6 heteroatoms. The number of piperazine rings is 1. The standard InChI is InChI=1S/C29H31FN4O/c30-25-6-2-1-4-22(25)23-5-3-7-27-28(23)24(29(35)33-27)18-21-17-20-16-19(8-9-26(20)32-21)10-13-34-14-11-31-12-15-34/h1-7,17-19,31-32H,8-16H2,(H,33,35). The van der Waals surface area contributed by atoms with Crippen molar-refractivity contribution in [1.29, 1.82) is 0 Å². The van der Waals surface area contributed by atoms with Crippen LogP contribution in [0.4, 0.5) is 10.1 Å². The van der Waals surface area contributed by atoms with Gasteiger partial charge in [0.1, 0.15) is 5.82 Å². The number of aromatic amines is 1. The number of carbonyl (C=O) groups excluding carboxylic acids is 1. The van der Waals surface area contributed by atoms with Crippen LogP contribution in [0.1, 0.15) is 35.4 Å². The zero-order valence-corrected chi connectivity index (χ0v) is 19.9. The van der Waals surface area contributed by atoms with E-state index in [1.54, 1.807) is 12.1 Å². The molecule has 0 spiro atoms. The van der Waals surface area contributed by atoms with Crippen LogP contribution in [0, 0.1) is 11.7 Å². The lowest BCUT2D eigenvalue weighted by atomic mass is 9.85. The van der Waals surface area contributed by atoms with E-state index < -0.39 is 0 Å². The summed E-state index contributed by atoms with van der Waals surface area (Å²) in [6, 6.07) is 14.5. The van der Waals surface area contributed by atoms with E-state index in [-0.39, 0.29) is 11.7 Å². The SMILES string of the molecule is O=C1Nc2cccc(-c3ccccc3F)c2C1=Cc1cc2c([nH]1)CCC(CCN1CCNCC1)C2. The fourth-order valence-electron chi connectivity index (χ4n) is 5.80. The average Bonchev–Trinajstić information content (AvgIpc) is 3.43. The number of fused-ring (bicyclic) bond motifs is 2. The summed E-state index contributed by atoms with van der Waals surface area (Å²) in [5.41, 5.74) is 6.91. The maximum Gasteiger partial charge on any atom is 0.256 e. The Morgan fingerprint density at radius 1 is 1.06 bits per heavy atom. The molecule has 6 rings (SSSR count). The second-order valence-corrected chi connectivity index (χ2v) is 9.94. The van der Waals surface area contributed by atoms with Crippen LogP contribution in [0.15, 0.2) is 48.5 Å². The topological polar surface area (TPSA) is 60.2 Å². The molecule has 1 unspecified atom stereocenters. The summed E-state index contributed by atoms with van der Waals surface area (Å²) >= 11 is 0. The van der Waals surface area contributed by atoms with Crippen molar-refractivity contribution in [3.05, 3.63) is 76.9 Å². The minimum atomic E-state index is -0.290. The number of aryl methyl sites for hydroxylation is 1. The van der Waals surface area contributed by atoms with Crippen molar-refractivity contribution in [1.82, 2.24) is 15.2 Å². The predicted octanol–water partition coefficient (Wildman–Crippen LogP) is 4.71. The molecule has 1 aromatic heterocycles. The van der Waals surface area contributed by atoms with Gasteiger partial charge in [-0.25, -0.2) is 4.39 Å². The first-order valence-corrected chi connectivity index (χ1v) is 12.7. The Morgan fingerprint density at radius 3 is 2.74 bits per heavy atom. The number of rotatable bonds is 5. The number of benzene rings is 2. The fourth-order valence-corrected chi connectivity index (χ4v) is 5.80. The van der Waals surface area contributed by atoms with Gasteiger partial charge in [-0.1, -0.05) is 30.3 Å². The highest BCUT2D eigenvalue weighted by molar-refractivity contribution is 6.36. The Hall–Kier alpha value is -3.22. The molecule has 0 radical (unpaired) electrons. The van der Waals surface area contributed by atoms with Crippen molar-refractivity contribution in [3.8, 4) is 11.1 Å². The highest BCUT2D eigenvalue weighted by atomic mass is 19.1. The molecule has 2 aromatic carbocycles. The fraction of sp³-hybridized carbons (Fsp3) is 0.345. The third-order valence-corrected chi connectivity index (χ3v) is 7.68. The minimum Gasteiger partial charge on any atom is -0.359 e. The summed E-state index contributed by atoms with van der Waals surface area (Å²) in [5.74, 6) is 0.268. The van der Waals surface area contributed by atoms with Gasteiger partial charge in [-0.15, -0.1) is 0 Å². The molecule has 0 saturated carbocycles. The van der Waals surface area contributed by atoms with Crippen molar-refractivity contribution in [2.45, 2.75) is 25.7 Å². The monoisotopic (exact) mass is 470 g/mol. The minimum absolute atomic E-state index is 0.148. The number of nitrogens with one attached hydrogen (secondary N) is 3. The Labute approximate surface area is 205 Å². The molecule has 2 aliphatic heterocycles. The van der Waals surface area contributed by atoms with Crippen LogP contribution in [0.25, 0.3) is 22.8 Å². The third-order valence-electron chi connectivity index (χ3n) is 7.68. The van der Waals surface area contributed by atoms with E-state index in [1.165, 1.54) is 36.7 Å². The van der Waals surface area contributed by atoms with Crippen molar-refractivity contribution < 1.29 is 9.18 Å². The summed E-state index contributed by atoms with van der Waals surface area (Å²) in [6.07, 6.45) is 6.51. The molecular formula is C29H31FN4O. The number of nitrogens with zero attached hydrogens (tertiary/aromatic N) is 1. The van der Waals surface area contributed by atoms with Gasteiger partial charge in [0.05, 0.1) is 5.57 Å². The highest BCUT2D eigenvalue weighted by Gasteiger charge is 2.29. The Morgan fingerprint density at radius 2 is 1.89 bits per heavy atom. The van der Waals surface area contributed by atoms with E-state index in [0.29, 0.717) is 17.1 Å². The summed E-state index contributed by atoms with van der Waals surface area (Å²) in [4.78, 5) is 19.1. The van der Waals surface area contributed by atoms with E-state index in [0.717, 1.165) is 61.5 Å². The van der Waals surface area contributed by atoms with Crippen molar-refractivity contribution in [3.63, 3.8) is 0 Å². The second kappa shape index (κ2) is 9.44. The van der Waals surface area contributed by atoms with Gasteiger partial charge in [-0.2, -0.15) is 0 Å². The molecule has 3 N–H and O–H groups in total. The normalized spacial score (nSPS) is 21.1. The molecule has 1 amide bonds. The van der Waals surface area contributed by atoms with Crippen LogP contribution in [0.2, 0.25) is 0 Å². The Balaban J connectivity index is 1.25. The molecule has 1 fully saturated rings. The number of carbonyl (C=O) groups is 1. The smallest absolute Gasteiger partial charge is 0.256 e. The predicted molar refractivity (Wildman–Crippen MR) is 139 cm³/mol. The van der Waals surface area contributed by atoms with Crippen LogP contribution in [0.5, 0.6) is 0 Å². The third kappa shape index (κ3) is 4.44. The Kier molecular flexibility index (Phi) is 6.00. The molecular weight excluding hydrogens is 439 g/mol. The lowest BCUT2D eigenvalue weighted by Gasteiger charge is -2.30. The van der Waals surface area contributed by atoms with E-state index in [2.05, 4.69) is 26.6 Å². The number of amides is 1. The van der Waals surface area contributed by atoms with Gasteiger partial charge in [0.25, 0.3) is 5.91 Å². The van der Waals surface area contributed by atoms with Gasteiger partial charge < -0.3 is 20.5 Å². The largest absolute Gasteiger partial charge is 0.359 e. The summed E-state index contributed by atoms with van der Waals surface area (Å²) in [6.45, 7) is 5.68. The van der Waals surface area contributed by atoms with Crippen LogP contribution in [-0.4, -0.2) is 48.5 Å². The number of hydrogen-bond donors (Lipinski definition) is 3. The van der Waals surface area contributed by atoms with Crippen LogP contribution < -0.4 is 10.6 Å². The molecule has 3 heterocycles. The van der Waals surface area contributed by atoms with Gasteiger partial charge in [-0.3, -0.25) is 4.79 Å². The number of halogens is 1. The summed E-state index contributed by atoms with van der Waals surface area (Å²) in [5, 5.41) is 6.39. The summed E-state index contributed by atoms with van der Waals surface area (Å²) < 4.78 is 14.6. The van der Waals surface area contributed by atoms with Crippen LogP contribution in [-0.2, 0) is 17.6 Å². The van der Waals surface area contributed by atoms with E-state index >= 15 is 0 Å². The first kappa shape index (κ1) is 22.3. The molecule has 3 aromatic rings. The quantitative estimate of drug-likeness (QED) is 0.473. The van der Waals surface area contributed by atoms with Gasteiger partial charge >= 0.3 is 0 Å². The molecule has 1 saturated heterocycles. The first-order chi connectivity index (χ1) is 17.2. The highest BCUT2D eigenvalue weighted by Crippen LogP contribution is 2.41. The number of hydrogen-bond acceptors (Lipinski definition) is 3. The maximum atomic E-state index is 14.6. The molecule has 180 valence electrons. The average molecular weight is 471 g/mol. The molecule has 5 nitrogen and oxygen atoms in total. The number of H-pyrrole nitrogens is 1. The molecule has 1 atom stereocenters. The van der Waals surface area contributed by atoms with Crippen LogP contribution in [0.3, 0.4) is 0 Å². The molecule has 3 aliphatic rings. The van der Waals surface area contributed by atoms with Gasteiger partial charge in [0.15, 0.2) is 0 Å². The van der Waals surface area contributed by atoms with E-state index in [1.807, 2.05) is 30.3 Å². The van der Waals surface area contributed by atoms with Crippen molar-refractivity contribution in [2.75, 3.05) is 38.0 Å². The maximum absolute atomic E-state index is 14.6. The van der Waals surface area contributed by atoms with Gasteiger partial charge in [0, 0.05) is 54.4 Å². The summed E-state index contributed by atoms with van der Waals surface area (Å²) in [7, 11) is 0. The second-order valence-electron chi connectivity index (χ2n) is 9.94. The lowest BCUT2D eigenvalue weighted by molar-refractivity contribution is -0.110. The van der Waals surface area contributed by atoms with Crippen LogP contribution >= 0.6 is 0 Å². The molecule has 35 heavy (non-hydrogen) atoms. The van der Waals surface area contributed by atoms with Gasteiger partial charge in [-0.05, 0) is 73.5 Å². The van der Waals surface area contributed by atoms with Crippen molar-refractivity contribution >= 4 is 23.2 Å². The van der Waals surface area contributed by atoms with E-state index in [4.69, 9.17) is 0 Å². The lowest BCUT2D eigenvalue weighted by Crippen LogP contribution is -2.44. The molecule has 1 aliphatic carbocycles. The van der Waals surface area contributed by atoms with E-state index in [9.17, 15) is 9.18 Å².